The first-order chi connectivity index (χ1) is 10.8. The van der Waals surface area contributed by atoms with Gasteiger partial charge in [-0.2, -0.15) is 19.6 Å². The maximum atomic E-state index is 13.0. The Labute approximate surface area is 128 Å². The van der Waals surface area contributed by atoms with Crippen LogP contribution in [0.4, 0.5) is 29.2 Å². The van der Waals surface area contributed by atoms with Gasteiger partial charge in [-0.3, -0.25) is 0 Å². The first-order valence-electron chi connectivity index (χ1n) is 7.29. The topological polar surface area (TPSA) is 67.1 Å². The van der Waals surface area contributed by atoms with Crippen LogP contribution in [0.3, 0.4) is 0 Å². The number of nitrogens with zero attached hydrogens (tertiary/aromatic N) is 4. The van der Waals surface area contributed by atoms with Crippen molar-refractivity contribution in [2.75, 3.05) is 10.6 Å². The summed E-state index contributed by atoms with van der Waals surface area (Å²) in [5.41, 5.74) is 0. The minimum atomic E-state index is -2.63. The van der Waals surface area contributed by atoms with Crippen molar-refractivity contribution in [2.45, 2.75) is 49.6 Å². The Morgan fingerprint density at radius 3 is 2.22 bits per heavy atom. The normalized spacial score (nSPS) is 23.3. The van der Waals surface area contributed by atoms with Crippen molar-refractivity contribution < 1.29 is 17.6 Å². The summed E-state index contributed by atoms with van der Waals surface area (Å²) in [6.45, 7) is 0. The smallest absolute Gasteiger partial charge is 0.256 e. The van der Waals surface area contributed by atoms with Gasteiger partial charge in [0, 0.05) is 43.8 Å². The van der Waals surface area contributed by atoms with E-state index in [2.05, 4.69) is 25.7 Å². The molecule has 2 aromatic heterocycles. The largest absolute Gasteiger partial charge is 0.367 e. The first kappa shape index (κ1) is 14.5. The Balaban J connectivity index is 1.53. The molecule has 0 bridgehead atoms. The highest BCUT2D eigenvalue weighted by atomic mass is 19.3. The minimum absolute atomic E-state index is 0.246. The molecule has 0 unspecified atom stereocenters. The van der Waals surface area contributed by atoms with Gasteiger partial charge in [0.2, 0.25) is 0 Å². The zero-order valence-electron chi connectivity index (χ0n) is 11.9. The summed E-state index contributed by atoms with van der Waals surface area (Å²) < 4.78 is 53.1. The Bertz CT molecular complexity index is 729. The highest BCUT2D eigenvalue weighted by Gasteiger charge is 2.46. The van der Waals surface area contributed by atoms with Crippen LogP contribution in [0, 0.1) is 0 Å². The van der Waals surface area contributed by atoms with Gasteiger partial charge in [-0.1, -0.05) is 0 Å². The third-order valence-corrected chi connectivity index (χ3v) is 4.14. The highest BCUT2D eigenvalue weighted by molar-refractivity contribution is 5.55. The van der Waals surface area contributed by atoms with Crippen molar-refractivity contribution in [3.63, 3.8) is 0 Å². The van der Waals surface area contributed by atoms with Crippen LogP contribution in [0.15, 0.2) is 12.4 Å². The van der Waals surface area contributed by atoms with Crippen LogP contribution in [0.5, 0.6) is 0 Å². The molecule has 0 spiro atoms. The molecule has 2 saturated carbocycles. The molecule has 2 aliphatic rings. The monoisotopic (exact) mass is 330 g/mol. The summed E-state index contributed by atoms with van der Waals surface area (Å²) in [4.78, 5) is 8.15. The zero-order valence-corrected chi connectivity index (χ0v) is 11.9. The fourth-order valence-corrected chi connectivity index (χ4v) is 2.93. The second-order valence-corrected chi connectivity index (χ2v) is 6.21. The van der Waals surface area contributed by atoms with Crippen molar-refractivity contribution in [3.8, 4) is 0 Å². The molecule has 0 radical (unpaired) electrons. The maximum Gasteiger partial charge on any atom is 0.256 e. The maximum absolute atomic E-state index is 13.0. The van der Waals surface area contributed by atoms with Crippen molar-refractivity contribution in [1.29, 1.82) is 0 Å². The Morgan fingerprint density at radius 1 is 1.00 bits per heavy atom. The van der Waals surface area contributed by atoms with E-state index in [0.717, 1.165) is 0 Å². The van der Waals surface area contributed by atoms with Crippen LogP contribution >= 0.6 is 0 Å². The van der Waals surface area contributed by atoms with Gasteiger partial charge in [-0.05, 0) is 0 Å². The second-order valence-electron chi connectivity index (χ2n) is 6.21. The fourth-order valence-electron chi connectivity index (χ4n) is 2.93. The number of rotatable bonds is 4. The molecule has 0 saturated heterocycles. The Morgan fingerprint density at radius 2 is 1.61 bits per heavy atom. The molecule has 2 fully saturated rings. The van der Waals surface area contributed by atoms with E-state index in [9.17, 15) is 17.6 Å². The summed E-state index contributed by atoms with van der Waals surface area (Å²) in [6.07, 6.45) is 0.310. The lowest BCUT2D eigenvalue weighted by molar-refractivity contribution is -0.0799. The third-order valence-electron chi connectivity index (χ3n) is 4.14. The summed E-state index contributed by atoms with van der Waals surface area (Å²) in [6, 6.07) is 0.860. The van der Waals surface area contributed by atoms with Gasteiger partial charge in [-0.15, -0.1) is 0 Å². The molecule has 6 nitrogen and oxygen atoms in total. The van der Waals surface area contributed by atoms with Crippen LogP contribution in [0.2, 0.25) is 0 Å². The molecule has 0 atom stereocenters. The second kappa shape index (κ2) is 4.68. The number of fused-ring (bicyclic) bond motifs is 1. The van der Waals surface area contributed by atoms with Gasteiger partial charge in [0.05, 0.1) is 0 Å². The number of halogens is 4. The molecule has 0 aliphatic heterocycles. The number of nitrogens with one attached hydrogen (secondary N) is 2. The zero-order chi connectivity index (χ0) is 16.2. The summed E-state index contributed by atoms with van der Waals surface area (Å²) in [7, 11) is 0. The lowest BCUT2D eigenvalue weighted by Gasteiger charge is -2.36. The number of hydrogen-bond acceptors (Lipinski definition) is 5. The average molecular weight is 330 g/mol. The van der Waals surface area contributed by atoms with Crippen LogP contribution in [0.25, 0.3) is 5.78 Å². The lowest BCUT2D eigenvalue weighted by atomic mass is 9.88. The summed E-state index contributed by atoms with van der Waals surface area (Å²) >= 11 is 0. The van der Waals surface area contributed by atoms with Gasteiger partial charge >= 0.3 is 0 Å². The molecule has 4 rings (SSSR count). The Hall–Kier alpha value is -2.13. The van der Waals surface area contributed by atoms with Gasteiger partial charge in [-0.25, -0.2) is 17.6 Å². The van der Waals surface area contributed by atoms with Crippen molar-refractivity contribution in [1.82, 2.24) is 19.6 Å². The van der Waals surface area contributed by atoms with Crippen LogP contribution in [0.1, 0.15) is 25.7 Å². The van der Waals surface area contributed by atoms with Crippen molar-refractivity contribution in [3.05, 3.63) is 12.4 Å². The molecule has 0 amide bonds. The van der Waals surface area contributed by atoms with Crippen LogP contribution in [-0.4, -0.2) is 43.5 Å². The highest BCUT2D eigenvalue weighted by Crippen LogP contribution is 2.40. The number of anilines is 2. The van der Waals surface area contributed by atoms with E-state index >= 15 is 0 Å². The van der Waals surface area contributed by atoms with Gasteiger partial charge in [0.25, 0.3) is 17.6 Å². The average Bonchev–Trinajstić information content (AvgIpc) is 2.82. The van der Waals surface area contributed by atoms with Crippen molar-refractivity contribution in [2.24, 2.45) is 0 Å². The molecular formula is C13H14F4N6. The van der Waals surface area contributed by atoms with E-state index in [1.165, 1.54) is 10.8 Å². The summed E-state index contributed by atoms with van der Waals surface area (Å²) in [5, 5.41) is 9.89. The van der Waals surface area contributed by atoms with Gasteiger partial charge in [0.15, 0.2) is 0 Å². The standard InChI is InChI=1S/C13H14F4N6/c14-12(15)2-7(3-12)20-9-1-10(21-8-4-13(16,17)5-8)23-11(22-9)18-6-19-23/h1,6-8,21H,2-5H2,(H,18,19,20,22). The Kier molecular flexibility index (Phi) is 2.94. The van der Waals surface area contributed by atoms with E-state index in [1.54, 1.807) is 6.07 Å². The third kappa shape index (κ3) is 2.77. The fraction of sp³-hybridized carbons (Fsp3) is 0.615. The van der Waals surface area contributed by atoms with Crippen LogP contribution < -0.4 is 10.6 Å². The molecule has 124 valence electrons. The molecule has 0 aromatic carbocycles. The molecule has 2 N–H and O–H groups in total. The van der Waals surface area contributed by atoms with E-state index in [0.29, 0.717) is 11.6 Å². The molecule has 2 heterocycles. The van der Waals surface area contributed by atoms with E-state index in [1.807, 2.05) is 0 Å². The molecule has 2 aromatic rings. The molecule has 2 aliphatic carbocycles. The van der Waals surface area contributed by atoms with E-state index < -0.39 is 11.8 Å². The van der Waals surface area contributed by atoms with Gasteiger partial charge < -0.3 is 10.6 Å². The molecule has 23 heavy (non-hydrogen) atoms. The number of hydrogen-bond donors (Lipinski definition) is 2. The number of alkyl halides is 4. The van der Waals surface area contributed by atoms with E-state index in [-0.39, 0.29) is 43.5 Å². The quantitative estimate of drug-likeness (QED) is 0.844. The van der Waals surface area contributed by atoms with E-state index in [4.69, 9.17) is 0 Å². The number of aromatic nitrogens is 4. The predicted molar refractivity (Wildman–Crippen MR) is 74.0 cm³/mol. The van der Waals surface area contributed by atoms with Crippen LogP contribution in [-0.2, 0) is 0 Å². The summed E-state index contributed by atoms with van der Waals surface area (Å²) in [5.74, 6) is -4.16. The van der Waals surface area contributed by atoms with Gasteiger partial charge in [0.1, 0.15) is 18.0 Å². The lowest BCUT2D eigenvalue weighted by Crippen LogP contribution is -2.45. The van der Waals surface area contributed by atoms with Crippen molar-refractivity contribution >= 4 is 17.4 Å². The SMILES string of the molecule is FC1(F)CC(Nc2cc(NC3CC(F)(F)C3)n3ncnc3n2)C1. The first-order valence-corrected chi connectivity index (χ1v) is 7.29. The molecule has 10 heteroatoms. The predicted octanol–water partition coefficient (Wildman–Crippen LogP) is 2.54. The minimum Gasteiger partial charge on any atom is -0.367 e. The molecular weight excluding hydrogens is 316 g/mol.